The van der Waals surface area contributed by atoms with E-state index in [2.05, 4.69) is 0 Å². The maximum Gasteiger partial charge on any atom is 0.172 e. The second kappa shape index (κ2) is 4.33. The molecule has 0 radical (unpaired) electrons. The molecule has 0 aliphatic heterocycles. The number of hydrogen-bond acceptors (Lipinski definition) is 2. The number of benzene rings is 2. The Kier molecular flexibility index (Phi) is 2.87. The van der Waals surface area contributed by atoms with Gasteiger partial charge in [-0.25, -0.2) is 8.78 Å². The van der Waals surface area contributed by atoms with Gasteiger partial charge in [0, 0.05) is 5.56 Å². The molecule has 0 bridgehead atoms. The molecule has 86 valence electrons. The molecular weight excluding hydrogens is 226 g/mol. The van der Waals surface area contributed by atoms with Crippen LogP contribution in [0.25, 0.3) is 11.1 Å². The van der Waals surface area contributed by atoms with E-state index in [0.29, 0.717) is 6.29 Å². The monoisotopic (exact) mass is 234 g/mol. The molecule has 0 saturated heterocycles. The molecule has 17 heavy (non-hydrogen) atoms. The summed E-state index contributed by atoms with van der Waals surface area (Å²) in [6.45, 7) is 0. The van der Waals surface area contributed by atoms with Crippen LogP contribution in [0.2, 0.25) is 0 Å². The summed E-state index contributed by atoms with van der Waals surface area (Å²) < 4.78 is 27.0. The predicted molar refractivity (Wildman–Crippen MR) is 58.8 cm³/mol. The molecular formula is C13H8F2O2. The molecule has 0 spiro atoms. The first kappa shape index (κ1) is 11.3. The third kappa shape index (κ3) is 1.89. The summed E-state index contributed by atoms with van der Waals surface area (Å²) in [5, 5.41) is 9.24. The number of carbonyl (C=O) groups excluding carboxylic acids is 1. The van der Waals surface area contributed by atoms with Gasteiger partial charge in [0.05, 0.1) is 5.56 Å². The van der Waals surface area contributed by atoms with E-state index in [9.17, 15) is 18.7 Å². The molecule has 2 aromatic rings. The third-order valence-electron chi connectivity index (χ3n) is 2.44. The number of phenolic OH excluding ortho intramolecular Hbond substituents is 1. The lowest BCUT2D eigenvalue weighted by atomic mass is 9.99. The van der Waals surface area contributed by atoms with Crippen LogP contribution >= 0.6 is 0 Å². The van der Waals surface area contributed by atoms with Crippen LogP contribution < -0.4 is 0 Å². The van der Waals surface area contributed by atoms with Crippen molar-refractivity contribution in [2.24, 2.45) is 0 Å². The molecule has 4 heteroatoms. The average Bonchev–Trinajstić information content (AvgIpc) is 2.32. The Morgan fingerprint density at radius 2 is 1.65 bits per heavy atom. The van der Waals surface area contributed by atoms with Crippen molar-refractivity contribution in [3.63, 3.8) is 0 Å². The van der Waals surface area contributed by atoms with Gasteiger partial charge in [-0.3, -0.25) is 4.79 Å². The summed E-state index contributed by atoms with van der Waals surface area (Å²) in [6.07, 6.45) is 0.328. The molecule has 0 fully saturated rings. The van der Waals surface area contributed by atoms with Gasteiger partial charge in [0.2, 0.25) is 0 Å². The zero-order valence-corrected chi connectivity index (χ0v) is 8.65. The molecule has 0 unspecified atom stereocenters. The minimum Gasteiger partial charge on any atom is -0.505 e. The minimum absolute atomic E-state index is 0.00778. The van der Waals surface area contributed by atoms with Crippen molar-refractivity contribution in [2.45, 2.75) is 0 Å². The van der Waals surface area contributed by atoms with Gasteiger partial charge in [0.25, 0.3) is 0 Å². The molecule has 0 aliphatic rings. The summed E-state index contributed by atoms with van der Waals surface area (Å²) in [7, 11) is 0. The molecule has 0 atom stereocenters. The second-order valence-corrected chi connectivity index (χ2v) is 3.46. The Labute approximate surface area is 96.1 Å². The van der Waals surface area contributed by atoms with Crippen LogP contribution in [0.5, 0.6) is 5.75 Å². The van der Waals surface area contributed by atoms with Gasteiger partial charge < -0.3 is 5.11 Å². The second-order valence-electron chi connectivity index (χ2n) is 3.46. The third-order valence-corrected chi connectivity index (χ3v) is 2.44. The van der Waals surface area contributed by atoms with Crippen molar-refractivity contribution < 1.29 is 18.7 Å². The highest BCUT2D eigenvalue weighted by Gasteiger charge is 2.14. The van der Waals surface area contributed by atoms with Crippen LogP contribution in [0.3, 0.4) is 0 Å². The number of rotatable bonds is 2. The number of aromatic hydroxyl groups is 1. The highest BCUT2D eigenvalue weighted by Crippen LogP contribution is 2.30. The molecule has 1 N–H and O–H groups in total. The van der Waals surface area contributed by atoms with Crippen molar-refractivity contribution in [3.05, 3.63) is 53.6 Å². The first-order chi connectivity index (χ1) is 8.15. The molecule has 2 aromatic carbocycles. The van der Waals surface area contributed by atoms with E-state index in [4.69, 9.17) is 0 Å². The Balaban J connectivity index is 2.73. The van der Waals surface area contributed by atoms with E-state index in [1.807, 2.05) is 0 Å². The smallest absolute Gasteiger partial charge is 0.172 e. The minimum atomic E-state index is -0.874. The molecule has 0 amide bonds. The van der Waals surface area contributed by atoms with Gasteiger partial charge in [0.15, 0.2) is 17.9 Å². The fourth-order valence-electron chi connectivity index (χ4n) is 1.62. The van der Waals surface area contributed by atoms with Gasteiger partial charge in [-0.2, -0.15) is 0 Å². The van der Waals surface area contributed by atoms with E-state index in [-0.39, 0.29) is 16.7 Å². The first-order valence-corrected chi connectivity index (χ1v) is 4.86. The van der Waals surface area contributed by atoms with Gasteiger partial charge in [-0.1, -0.05) is 24.3 Å². The van der Waals surface area contributed by atoms with Crippen LogP contribution in [-0.4, -0.2) is 11.4 Å². The SMILES string of the molecule is O=Cc1c(F)cccc1-c1cccc(O)c1F. The maximum atomic E-state index is 13.6. The van der Waals surface area contributed by atoms with Crippen molar-refractivity contribution in [1.82, 2.24) is 0 Å². The molecule has 0 heterocycles. The van der Waals surface area contributed by atoms with Gasteiger partial charge in [-0.05, 0) is 17.7 Å². The Hall–Kier alpha value is -2.23. The van der Waals surface area contributed by atoms with E-state index < -0.39 is 17.4 Å². The van der Waals surface area contributed by atoms with Crippen LogP contribution in [0.4, 0.5) is 8.78 Å². The van der Waals surface area contributed by atoms with E-state index in [1.54, 1.807) is 0 Å². The van der Waals surface area contributed by atoms with Gasteiger partial charge >= 0.3 is 0 Å². The van der Waals surface area contributed by atoms with Crippen LogP contribution in [0.1, 0.15) is 10.4 Å². The molecule has 0 aromatic heterocycles. The first-order valence-electron chi connectivity index (χ1n) is 4.86. The molecule has 2 nitrogen and oxygen atoms in total. The van der Waals surface area contributed by atoms with Crippen molar-refractivity contribution in [2.75, 3.05) is 0 Å². The lowest BCUT2D eigenvalue weighted by Gasteiger charge is -2.07. The zero-order valence-electron chi connectivity index (χ0n) is 8.65. The molecule has 0 aliphatic carbocycles. The van der Waals surface area contributed by atoms with Crippen molar-refractivity contribution >= 4 is 6.29 Å². The summed E-state index contributed by atoms with van der Waals surface area (Å²) in [5.74, 6) is -2.13. The number of halogens is 2. The standard InChI is InChI=1S/C13H8F2O2/c14-11-5-1-3-8(10(11)7-16)9-4-2-6-12(17)13(9)15/h1-7,17H. The zero-order chi connectivity index (χ0) is 12.4. The number of carbonyl (C=O) groups is 1. The largest absolute Gasteiger partial charge is 0.505 e. The summed E-state index contributed by atoms with van der Waals surface area (Å²) >= 11 is 0. The summed E-state index contributed by atoms with van der Waals surface area (Å²) in [4.78, 5) is 10.8. The fraction of sp³-hybridized carbons (Fsp3) is 0. The van der Waals surface area contributed by atoms with E-state index in [1.165, 1.54) is 30.3 Å². The average molecular weight is 234 g/mol. The van der Waals surface area contributed by atoms with Crippen LogP contribution in [0.15, 0.2) is 36.4 Å². The summed E-state index contributed by atoms with van der Waals surface area (Å²) in [6, 6.07) is 7.89. The number of hydrogen-bond donors (Lipinski definition) is 1. The highest BCUT2D eigenvalue weighted by molar-refractivity contribution is 5.88. The predicted octanol–water partition coefficient (Wildman–Crippen LogP) is 3.15. The number of aldehydes is 1. The molecule has 0 saturated carbocycles. The van der Waals surface area contributed by atoms with Gasteiger partial charge in [0.1, 0.15) is 5.82 Å². The number of phenols is 1. The molecule has 2 rings (SSSR count). The normalized spacial score (nSPS) is 10.2. The van der Waals surface area contributed by atoms with E-state index >= 15 is 0 Å². The van der Waals surface area contributed by atoms with Crippen LogP contribution in [-0.2, 0) is 0 Å². The highest BCUT2D eigenvalue weighted by atomic mass is 19.1. The quantitative estimate of drug-likeness (QED) is 0.810. The van der Waals surface area contributed by atoms with Crippen LogP contribution in [0, 0.1) is 11.6 Å². The Morgan fingerprint density at radius 3 is 2.35 bits per heavy atom. The fourth-order valence-corrected chi connectivity index (χ4v) is 1.62. The summed E-state index contributed by atoms with van der Waals surface area (Å²) in [5.41, 5.74) is -0.114. The van der Waals surface area contributed by atoms with Crippen molar-refractivity contribution in [3.8, 4) is 16.9 Å². The topological polar surface area (TPSA) is 37.3 Å². The lowest BCUT2D eigenvalue weighted by molar-refractivity contribution is 0.112. The van der Waals surface area contributed by atoms with Crippen molar-refractivity contribution in [1.29, 1.82) is 0 Å². The Morgan fingerprint density at radius 1 is 1.00 bits per heavy atom. The maximum absolute atomic E-state index is 13.6. The van der Waals surface area contributed by atoms with E-state index in [0.717, 1.165) is 6.07 Å². The van der Waals surface area contributed by atoms with Gasteiger partial charge in [-0.15, -0.1) is 0 Å². The Bertz CT molecular complexity index is 580. The lowest BCUT2D eigenvalue weighted by Crippen LogP contribution is -1.94.